The second kappa shape index (κ2) is 7.58. The van der Waals surface area contributed by atoms with Crippen molar-refractivity contribution in [3.05, 3.63) is 72.1 Å². The van der Waals surface area contributed by atoms with Gasteiger partial charge in [0.05, 0.1) is 18.1 Å². The van der Waals surface area contributed by atoms with E-state index in [0.29, 0.717) is 12.4 Å². The van der Waals surface area contributed by atoms with E-state index in [1.165, 1.54) is 0 Å². The monoisotopic (exact) mass is 358 g/mol. The SMILES string of the molecule is CCCCN1Cc2cc(Nc3cncc(-c4ccccc4)n3)ccc2C1=O. The molecule has 2 heterocycles. The number of anilines is 2. The Hall–Kier alpha value is -3.21. The number of fused-ring (bicyclic) bond motifs is 1. The van der Waals surface area contributed by atoms with Crippen LogP contribution in [0, 0.1) is 0 Å². The molecule has 2 aromatic carbocycles. The third kappa shape index (κ3) is 3.67. The number of carbonyl (C=O) groups excluding carboxylic acids is 1. The first-order valence-electron chi connectivity index (χ1n) is 9.31. The van der Waals surface area contributed by atoms with Gasteiger partial charge in [0, 0.05) is 29.9 Å². The van der Waals surface area contributed by atoms with Crippen molar-refractivity contribution in [1.82, 2.24) is 14.9 Å². The normalized spacial score (nSPS) is 12.9. The Morgan fingerprint density at radius 2 is 1.96 bits per heavy atom. The average molecular weight is 358 g/mol. The van der Waals surface area contributed by atoms with Gasteiger partial charge < -0.3 is 10.2 Å². The van der Waals surface area contributed by atoms with Crippen molar-refractivity contribution >= 4 is 17.4 Å². The van der Waals surface area contributed by atoms with E-state index in [2.05, 4.69) is 22.2 Å². The number of nitrogens with zero attached hydrogens (tertiary/aromatic N) is 3. The van der Waals surface area contributed by atoms with Gasteiger partial charge in [-0.3, -0.25) is 9.78 Å². The van der Waals surface area contributed by atoms with Crippen LogP contribution in [-0.2, 0) is 6.54 Å². The van der Waals surface area contributed by atoms with Gasteiger partial charge in [-0.25, -0.2) is 4.98 Å². The summed E-state index contributed by atoms with van der Waals surface area (Å²) in [5.41, 5.74) is 4.63. The van der Waals surface area contributed by atoms with Crippen LogP contribution in [0.2, 0.25) is 0 Å². The number of benzene rings is 2. The molecule has 1 amide bonds. The molecule has 1 aromatic heterocycles. The van der Waals surface area contributed by atoms with Crippen LogP contribution in [0.1, 0.15) is 35.7 Å². The molecule has 136 valence electrons. The second-order valence-corrected chi connectivity index (χ2v) is 6.73. The Kier molecular flexibility index (Phi) is 4.83. The highest BCUT2D eigenvalue weighted by molar-refractivity contribution is 5.98. The minimum Gasteiger partial charge on any atom is -0.339 e. The summed E-state index contributed by atoms with van der Waals surface area (Å²) in [7, 11) is 0. The van der Waals surface area contributed by atoms with Crippen molar-refractivity contribution in [2.24, 2.45) is 0 Å². The lowest BCUT2D eigenvalue weighted by Crippen LogP contribution is -2.24. The van der Waals surface area contributed by atoms with E-state index in [1.54, 1.807) is 12.4 Å². The zero-order chi connectivity index (χ0) is 18.6. The third-order valence-electron chi connectivity index (χ3n) is 4.74. The summed E-state index contributed by atoms with van der Waals surface area (Å²) in [5.74, 6) is 0.819. The van der Waals surface area contributed by atoms with Gasteiger partial charge in [0.2, 0.25) is 0 Å². The first kappa shape index (κ1) is 17.2. The zero-order valence-corrected chi connectivity index (χ0v) is 15.4. The van der Waals surface area contributed by atoms with Crippen LogP contribution in [0.15, 0.2) is 60.9 Å². The van der Waals surface area contributed by atoms with Crippen molar-refractivity contribution in [2.45, 2.75) is 26.3 Å². The highest BCUT2D eigenvalue weighted by Gasteiger charge is 2.26. The van der Waals surface area contributed by atoms with Gasteiger partial charge in [-0.2, -0.15) is 0 Å². The van der Waals surface area contributed by atoms with Gasteiger partial charge >= 0.3 is 0 Å². The van der Waals surface area contributed by atoms with Crippen molar-refractivity contribution in [3.63, 3.8) is 0 Å². The molecule has 4 rings (SSSR count). The number of unbranched alkanes of at least 4 members (excludes halogenated alkanes) is 1. The third-order valence-corrected chi connectivity index (χ3v) is 4.74. The fourth-order valence-corrected chi connectivity index (χ4v) is 3.31. The summed E-state index contributed by atoms with van der Waals surface area (Å²) in [6.07, 6.45) is 5.59. The maximum atomic E-state index is 12.5. The predicted molar refractivity (Wildman–Crippen MR) is 107 cm³/mol. The molecule has 0 saturated carbocycles. The number of aromatic nitrogens is 2. The lowest BCUT2D eigenvalue weighted by atomic mass is 10.1. The molecule has 0 spiro atoms. The molecule has 1 aliphatic rings. The number of hydrogen-bond acceptors (Lipinski definition) is 4. The molecule has 1 aliphatic heterocycles. The summed E-state index contributed by atoms with van der Waals surface area (Å²) in [4.78, 5) is 23.3. The van der Waals surface area contributed by atoms with E-state index >= 15 is 0 Å². The van der Waals surface area contributed by atoms with E-state index in [0.717, 1.165) is 47.5 Å². The standard InChI is InChI=1S/C22H22N4O/c1-2-3-11-26-15-17-12-18(9-10-19(17)22(26)27)24-21-14-23-13-20(25-21)16-7-5-4-6-8-16/h4-10,12-14H,2-3,11,15H2,1H3,(H,24,25). The minimum atomic E-state index is 0.135. The van der Waals surface area contributed by atoms with Crippen molar-refractivity contribution < 1.29 is 4.79 Å². The molecule has 0 atom stereocenters. The molecule has 5 nitrogen and oxygen atoms in total. The minimum absolute atomic E-state index is 0.135. The van der Waals surface area contributed by atoms with Gasteiger partial charge in [-0.1, -0.05) is 43.7 Å². The smallest absolute Gasteiger partial charge is 0.254 e. The lowest BCUT2D eigenvalue weighted by Gasteiger charge is -2.14. The van der Waals surface area contributed by atoms with E-state index in [1.807, 2.05) is 53.4 Å². The summed E-state index contributed by atoms with van der Waals surface area (Å²) in [5, 5.41) is 3.31. The number of nitrogens with one attached hydrogen (secondary N) is 1. The number of hydrogen-bond donors (Lipinski definition) is 1. The van der Waals surface area contributed by atoms with Crippen molar-refractivity contribution in [3.8, 4) is 11.3 Å². The zero-order valence-electron chi connectivity index (χ0n) is 15.4. The van der Waals surface area contributed by atoms with E-state index in [4.69, 9.17) is 0 Å². The van der Waals surface area contributed by atoms with Crippen LogP contribution in [0.3, 0.4) is 0 Å². The highest BCUT2D eigenvalue weighted by Crippen LogP contribution is 2.27. The Morgan fingerprint density at radius 1 is 1.11 bits per heavy atom. The van der Waals surface area contributed by atoms with Gasteiger partial charge in [-0.05, 0) is 30.2 Å². The lowest BCUT2D eigenvalue weighted by molar-refractivity contribution is 0.0776. The first-order valence-corrected chi connectivity index (χ1v) is 9.31. The Bertz CT molecular complexity index is 956. The Labute approximate surface area is 159 Å². The van der Waals surface area contributed by atoms with E-state index < -0.39 is 0 Å². The predicted octanol–water partition coefficient (Wildman–Crippen LogP) is 4.64. The summed E-state index contributed by atoms with van der Waals surface area (Å²) in [6, 6.07) is 15.8. The van der Waals surface area contributed by atoms with E-state index in [9.17, 15) is 4.79 Å². The topological polar surface area (TPSA) is 58.1 Å². The van der Waals surface area contributed by atoms with Crippen LogP contribution in [-0.4, -0.2) is 27.3 Å². The van der Waals surface area contributed by atoms with Crippen molar-refractivity contribution in [2.75, 3.05) is 11.9 Å². The molecule has 0 radical (unpaired) electrons. The second-order valence-electron chi connectivity index (χ2n) is 6.73. The molecule has 0 saturated heterocycles. The van der Waals surface area contributed by atoms with Crippen molar-refractivity contribution in [1.29, 1.82) is 0 Å². The van der Waals surface area contributed by atoms with Gasteiger partial charge in [0.15, 0.2) is 0 Å². The largest absolute Gasteiger partial charge is 0.339 e. The number of rotatable bonds is 6. The maximum absolute atomic E-state index is 12.5. The Balaban J connectivity index is 1.53. The molecule has 3 aromatic rings. The molecule has 0 bridgehead atoms. The summed E-state index contributed by atoms with van der Waals surface area (Å²) < 4.78 is 0. The molecule has 0 unspecified atom stereocenters. The number of amides is 1. The highest BCUT2D eigenvalue weighted by atomic mass is 16.2. The average Bonchev–Trinajstić information content (AvgIpc) is 3.02. The molecular weight excluding hydrogens is 336 g/mol. The first-order chi connectivity index (χ1) is 13.2. The van der Waals surface area contributed by atoms with Crippen LogP contribution < -0.4 is 5.32 Å². The molecule has 27 heavy (non-hydrogen) atoms. The van der Waals surface area contributed by atoms with Gasteiger partial charge in [-0.15, -0.1) is 0 Å². The maximum Gasteiger partial charge on any atom is 0.254 e. The molecule has 5 heteroatoms. The van der Waals surface area contributed by atoms with Crippen LogP contribution in [0.4, 0.5) is 11.5 Å². The van der Waals surface area contributed by atoms with Gasteiger partial charge in [0.25, 0.3) is 5.91 Å². The fraction of sp³-hybridized carbons (Fsp3) is 0.227. The molecular formula is C22H22N4O. The quantitative estimate of drug-likeness (QED) is 0.697. The fourth-order valence-electron chi connectivity index (χ4n) is 3.31. The van der Waals surface area contributed by atoms with Crippen LogP contribution in [0.25, 0.3) is 11.3 Å². The molecule has 0 fully saturated rings. The van der Waals surface area contributed by atoms with Gasteiger partial charge in [0.1, 0.15) is 5.82 Å². The Morgan fingerprint density at radius 3 is 2.78 bits per heavy atom. The molecule has 1 N–H and O–H groups in total. The van der Waals surface area contributed by atoms with Crippen LogP contribution >= 0.6 is 0 Å². The summed E-state index contributed by atoms with van der Waals surface area (Å²) >= 11 is 0. The van der Waals surface area contributed by atoms with Crippen LogP contribution in [0.5, 0.6) is 0 Å². The summed E-state index contributed by atoms with van der Waals surface area (Å²) in [6.45, 7) is 3.64. The van der Waals surface area contributed by atoms with E-state index in [-0.39, 0.29) is 5.91 Å². The number of carbonyl (C=O) groups is 1. The molecule has 0 aliphatic carbocycles.